The van der Waals surface area contributed by atoms with Crippen molar-refractivity contribution in [3.63, 3.8) is 0 Å². The molecule has 0 amide bonds. The fourth-order valence-electron chi connectivity index (χ4n) is 3.76. The normalized spacial score (nSPS) is 12.7. The third kappa shape index (κ3) is 3.20. The lowest BCUT2D eigenvalue weighted by atomic mass is 10.1. The molecule has 9 heteroatoms. The fraction of sp³-hybridized carbons (Fsp3) is 0.130. The maximum absolute atomic E-state index is 13.6. The molecule has 0 bridgehead atoms. The van der Waals surface area contributed by atoms with Crippen molar-refractivity contribution in [2.45, 2.75) is 6.54 Å². The summed E-state index contributed by atoms with van der Waals surface area (Å²) < 4.78 is 11.4. The van der Waals surface area contributed by atoms with Gasteiger partial charge in [0.1, 0.15) is 5.69 Å². The predicted molar refractivity (Wildman–Crippen MR) is 117 cm³/mol. The number of methoxy groups -OCH3 is 1. The summed E-state index contributed by atoms with van der Waals surface area (Å²) in [6.07, 6.45) is 6.55. The number of carbonyl (C=O) groups excluding carboxylic acids is 1. The molecular formula is C23H18N4O5. The van der Waals surface area contributed by atoms with E-state index in [4.69, 9.17) is 9.26 Å². The van der Waals surface area contributed by atoms with Crippen molar-refractivity contribution in [1.82, 2.24) is 14.7 Å². The maximum Gasteiger partial charge on any atom is 0.360 e. The summed E-state index contributed by atoms with van der Waals surface area (Å²) in [7, 11) is 1.21. The number of carbonyl (C=O) groups is 1. The molecule has 5 rings (SSSR count). The minimum atomic E-state index is -0.765. The van der Waals surface area contributed by atoms with E-state index in [1.165, 1.54) is 17.9 Å². The Morgan fingerprint density at radius 1 is 1.25 bits per heavy atom. The molecule has 1 aromatic carbocycles. The van der Waals surface area contributed by atoms with E-state index >= 15 is 0 Å². The van der Waals surface area contributed by atoms with E-state index in [2.05, 4.69) is 10.1 Å². The van der Waals surface area contributed by atoms with E-state index in [-0.39, 0.29) is 23.5 Å². The number of hydrogen-bond donors (Lipinski definition) is 1. The van der Waals surface area contributed by atoms with Crippen LogP contribution in [0.25, 0.3) is 23.2 Å². The molecule has 0 radical (unpaired) electrons. The molecule has 0 fully saturated rings. The van der Waals surface area contributed by atoms with Gasteiger partial charge in [-0.05, 0) is 17.7 Å². The molecule has 0 unspecified atom stereocenters. The number of ether oxygens (including phenoxy) is 1. The van der Waals surface area contributed by atoms with E-state index in [9.17, 15) is 14.7 Å². The topological polar surface area (TPSA) is 111 Å². The molecule has 32 heavy (non-hydrogen) atoms. The molecule has 4 aromatic rings. The van der Waals surface area contributed by atoms with E-state index in [1.807, 2.05) is 36.4 Å². The number of anilines is 1. The van der Waals surface area contributed by atoms with E-state index in [1.54, 1.807) is 23.4 Å². The van der Waals surface area contributed by atoms with Crippen molar-refractivity contribution in [1.29, 1.82) is 0 Å². The summed E-state index contributed by atoms with van der Waals surface area (Å²) in [5, 5.41) is 15.7. The van der Waals surface area contributed by atoms with E-state index in [0.717, 1.165) is 10.8 Å². The number of fused-ring (bicyclic) bond motifs is 2. The molecule has 0 atom stereocenters. The Labute approximate surface area is 181 Å². The Morgan fingerprint density at radius 3 is 2.84 bits per heavy atom. The van der Waals surface area contributed by atoms with E-state index in [0.29, 0.717) is 28.6 Å². The van der Waals surface area contributed by atoms with Crippen LogP contribution in [0.3, 0.4) is 0 Å². The number of rotatable bonds is 4. The summed E-state index contributed by atoms with van der Waals surface area (Å²) in [5.74, 6) is -1.11. The standard InChI is InChI=1S/C23H18N4O5/c1-31-23(30)20-21(28)16-9-17(26-8-7-19-15(13-26)10-25-32-19)22(29)27(18(16)11-24-20)12-14-5-3-2-4-6-14/h2-7,9-11,13,28H,8,12H2,1H3. The zero-order chi connectivity index (χ0) is 22.2. The van der Waals surface area contributed by atoms with Crippen molar-refractivity contribution < 1.29 is 19.2 Å². The molecule has 0 saturated heterocycles. The molecule has 3 aromatic heterocycles. The van der Waals surface area contributed by atoms with Crippen LogP contribution in [0.5, 0.6) is 5.75 Å². The minimum Gasteiger partial charge on any atom is -0.505 e. The van der Waals surface area contributed by atoms with Gasteiger partial charge in [0.15, 0.2) is 16.9 Å². The minimum absolute atomic E-state index is 0.216. The molecule has 0 saturated carbocycles. The van der Waals surface area contributed by atoms with Crippen LogP contribution in [0.15, 0.2) is 58.1 Å². The highest BCUT2D eigenvalue weighted by Gasteiger charge is 2.22. The predicted octanol–water partition coefficient (Wildman–Crippen LogP) is 0.964. The molecular weight excluding hydrogens is 412 g/mol. The smallest absolute Gasteiger partial charge is 0.360 e. The Kier molecular flexibility index (Phi) is 4.70. The zero-order valence-corrected chi connectivity index (χ0v) is 17.1. The van der Waals surface area contributed by atoms with Gasteiger partial charge in [-0.15, -0.1) is 0 Å². The second-order valence-electron chi connectivity index (χ2n) is 7.28. The summed E-state index contributed by atoms with van der Waals surface area (Å²) in [5.41, 5.74) is 1.78. The van der Waals surface area contributed by atoms with Gasteiger partial charge in [-0.25, -0.2) is 9.78 Å². The van der Waals surface area contributed by atoms with Crippen LogP contribution in [-0.2, 0) is 11.3 Å². The van der Waals surface area contributed by atoms with E-state index < -0.39 is 5.97 Å². The summed E-state index contributed by atoms with van der Waals surface area (Å²) in [6, 6.07) is 11.0. The lowest BCUT2D eigenvalue weighted by Crippen LogP contribution is -2.36. The van der Waals surface area contributed by atoms with Gasteiger partial charge in [0.25, 0.3) is 5.56 Å². The van der Waals surface area contributed by atoms with Crippen LogP contribution < -0.4 is 21.1 Å². The average Bonchev–Trinajstić information content (AvgIpc) is 3.29. The van der Waals surface area contributed by atoms with Gasteiger partial charge < -0.3 is 23.8 Å². The first-order chi connectivity index (χ1) is 15.6. The lowest BCUT2D eigenvalue weighted by molar-refractivity contribution is 0.0591. The van der Waals surface area contributed by atoms with Gasteiger partial charge in [-0.3, -0.25) is 4.79 Å². The first kappa shape index (κ1) is 19.6. The third-order valence-electron chi connectivity index (χ3n) is 5.37. The Hall–Kier alpha value is -4.40. The number of esters is 1. The van der Waals surface area contributed by atoms with Crippen LogP contribution in [0.2, 0.25) is 0 Å². The van der Waals surface area contributed by atoms with Gasteiger partial charge in [0.05, 0.1) is 36.8 Å². The molecule has 0 aliphatic carbocycles. The fourth-order valence-corrected chi connectivity index (χ4v) is 3.76. The summed E-state index contributed by atoms with van der Waals surface area (Å²) in [6.45, 7) is 0.642. The number of pyridine rings is 2. The Bertz CT molecular complexity index is 1520. The van der Waals surface area contributed by atoms with Gasteiger partial charge in [-0.1, -0.05) is 35.5 Å². The van der Waals surface area contributed by atoms with Crippen LogP contribution in [-0.4, -0.2) is 39.4 Å². The molecule has 1 aliphatic rings. The average molecular weight is 430 g/mol. The zero-order valence-electron chi connectivity index (χ0n) is 17.1. The lowest BCUT2D eigenvalue weighted by Gasteiger charge is -2.22. The second kappa shape index (κ2) is 7.69. The Morgan fingerprint density at radius 2 is 2.06 bits per heavy atom. The monoisotopic (exact) mass is 430 g/mol. The quantitative estimate of drug-likeness (QED) is 0.477. The van der Waals surface area contributed by atoms with Crippen LogP contribution in [0.4, 0.5) is 5.69 Å². The molecule has 0 spiro atoms. The van der Waals surface area contributed by atoms with Gasteiger partial charge in [0, 0.05) is 18.1 Å². The highest BCUT2D eigenvalue weighted by Crippen LogP contribution is 2.30. The van der Waals surface area contributed by atoms with Gasteiger partial charge in [0.2, 0.25) is 0 Å². The first-order valence-electron chi connectivity index (χ1n) is 9.84. The third-order valence-corrected chi connectivity index (χ3v) is 5.37. The number of nitrogens with zero attached hydrogens (tertiary/aromatic N) is 4. The molecule has 160 valence electrons. The molecule has 4 heterocycles. The highest BCUT2D eigenvalue weighted by atomic mass is 16.5. The largest absolute Gasteiger partial charge is 0.505 e. The number of benzene rings is 1. The van der Waals surface area contributed by atoms with Crippen molar-refractivity contribution in [3.05, 3.63) is 81.0 Å². The van der Waals surface area contributed by atoms with Crippen molar-refractivity contribution in [3.8, 4) is 5.75 Å². The molecule has 1 aliphatic heterocycles. The summed E-state index contributed by atoms with van der Waals surface area (Å²) >= 11 is 0. The van der Waals surface area contributed by atoms with Gasteiger partial charge >= 0.3 is 5.97 Å². The number of hydrogen-bond acceptors (Lipinski definition) is 8. The molecule has 1 N–H and O–H groups in total. The van der Waals surface area contributed by atoms with Gasteiger partial charge in [-0.2, -0.15) is 0 Å². The van der Waals surface area contributed by atoms with Crippen molar-refractivity contribution in [2.75, 3.05) is 18.6 Å². The number of aromatic hydroxyl groups is 1. The Balaban J connectivity index is 1.76. The second-order valence-corrected chi connectivity index (χ2v) is 7.28. The SMILES string of the molecule is COC(=O)c1ncc2c(cc(N3C=c4cnoc4=CC3)c(=O)n2Cc2ccccc2)c1O. The van der Waals surface area contributed by atoms with Crippen LogP contribution in [0.1, 0.15) is 16.1 Å². The first-order valence-corrected chi connectivity index (χ1v) is 9.84. The van der Waals surface area contributed by atoms with Crippen molar-refractivity contribution in [2.24, 2.45) is 0 Å². The van der Waals surface area contributed by atoms with Crippen LogP contribution in [0, 0.1) is 0 Å². The molecule has 9 nitrogen and oxygen atoms in total. The highest BCUT2D eigenvalue weighted by molar-refractivity contribution is 5.99. The maximum atomic E-state index is 13.6. The summed E-state index contributed by atoms with van der Waals surface area (Å²) in [4.78, 5) is 31.4. The van der Waals surface area contributed by atoms with Crippen LogP contribution >= 0.6 is 0 Å². The number of aromatic nitrogens is 3. The van der Waals surface area contributed by atoms with Crippen molar-refractivity contribution >= 4 is 34.8 Å².